The predicted octanol–water partition coefficient (Wildman–Crippen LogP) is 3.52. The third-order valence-electron chi connectivity index (χ3n) is 3.73. The molecule has 0 saturated carbocycles. The second-order valence-corrected chi connectivity index (χ2v) is 5.53. The first kappa shape index (κ1) is 16.7. The van der Waals surface area contributed by atoms with Gasteiger partial charge in [-0.05, 0) is 39.7 Å². The standard InChI is InChI=1S/C14H23N3O.C2H6/c1-10(2)17-14(9-11(3)15-17)13-5-7-16(8-6-13)12(4)18;1-2/h9-10,13H,5-8H2,1-4H3;1-2H3. The molecule has 2 heterocycles. The third-order valence-corrected chi connectivity index (χ3v) is 3.73. The van der Waals surface area contributed by atoms with Crippen LogP contribution in [-0.2, 0) is 4.79 Å². The second kappa shape index (κ2) is 7.46. The van der Waals surface area contributed by atoms with Crippen molar-refractivity contribution in [3.05, 3.63) is 17.5 Å². The van der Waals surface area contributed by atoms with Crippen molar-refractivity contribution in [1.82, 2.24) is 14.7 Å². The zero-order valence-corrected chi connectivity index (χ0v) is 13.8. The maximum absolute atomic E-state index is 11.3. The molecule has 1 saturated heterocycles. The van der Waals surface area contributed by atoms with Crippen LogP contribution in [0.4, 0.5) is 0 Å². The molecule has 1 aliphatic rings. The number of amides is 1. The van der Waals surface area contributed by atoms with E-state index in [1.807, 2.05) is 25.7 Å². The fourth-order valence-corrected chi connectivity index (χ4v) is 2.75. The summed E-state index contributed by atoms with van der Waals surface area (Å²) in [5.74, 6) is 0.742. The lowest BCUT2D eigenvalue weighted by Gasteiger charge is -2.31. The monoisotopic (exact) mass is 279 g/mol. The fraction of sp³-hybridized carbons (Fsp3) is 0.750. The van der Waals surface area contributed by atoms with Crippen LogP contribution in [0.25, 0.3) is 0 Å². The summed E-state index contributed by atoms with van der Waals surface area (Å²) in [6.07, 6.45) is 2.11. The second-order valence-electron chi connectivity index (χ2n) is 5.53. The van der Waals surface area contributed by atoms with E-state index in [-0.39, 0.29) is 5.91 Å². The molecular weight excluding hydrogens is 250 g/mol. The maximum atomic E-state index is 11.3. The van der Waals surface area contributed by atoms with E-state index in [0.717, 1.165) is 31.6 Å². The molecular formula is C16H29N3O. The van der Waals surface area contributed by atoms with Gasteiger partial charge >= 0.3 is 0 Å². The van der Waals surface area contributed by atoms with E-state index < -0.39 is 0 Å². The topological polar surface area (TPSA) is 38.1 Å². The van der Waals surface area contributed by atoms with Crippen molar-refractivity contribution >= 4 is 5.91 Å². The van der Waals surface area contributed by atoms with Crippen LogP contribution in [0.1, 0.15) is 70.8 Å². The summed E-state index contributed by atoms with van der Waals surface area (Å²) < 4.78 is 2.14. The summed E-state index contributed by atoms with van der Waals surface area (Å²) in [5.41, 5.74) is 2.43. The Morgan fingerprint density at radius 3 is 2.30 bits per heavy atom. The van der Waals surface area contributed by atoms with Gasteiger partial charge in [0.25, 0.3) is 0 Å². The van der Waals surface area contributed by atoms with E-state index in [9.17, 15) is 4.79 Å². The summed E-state index contributed by atoms with van der Waals surface area (Å²) >= 11 is 0. The molecule has 0 spiro atoms. The summed E-state index contributed by atoms with van der Waals surface area (Å²) in [5, 5.41) is 4.58. The Labute approximate surface area is 123 Å². The van der Waals surface area contributed by atoms with Crippen LogP contribution in [0.15, 0.2) is 6.07 Å². The Hall–Kier alpha value is -1.32. The lowest BCUT2D eigenvalue weighted by Crippen LogP contribution is -2.36. The average Bonchev–Trinajstić information content (AvgIpc) is 2.83. The zero-order valence-electron chi connectivity index (χ0n) is 13.8. The minimum atomic E-state index is 0.196. The molecule has 114 valence electrons. The smallest absolute Gasteiger partial charge is 0.219 e. The number of hydrogen-bond acceptors (Lipinski definition) is 2. The van der Waals surface area contributed by atoms with Gasteiger partial charge in [0.1, 0.15) is 0 Å². The van der Waals surface area contributed by atoms with E-state index in [2.05, 4.69) is 29.7 Å². The van der Waals surface area contributed by atoms with Crippen LogP contribution in [-0.4, -0.2) is 33.7 Å². The van der Waals surface area contributed by atoms with Gasteiger partial charge in [-0.1, -0.05) is 13.8 Å². The number of hydrogen-bond donors (Lipinski definition) is 0. The zero-order chi connectivity index (χ0) is 15.3. The van der Waals surface area contributed by atoms with Crippen molar-refractivity contribution in [2.45, 2.75) is 66.3 Å². The average molecular weight is 279 g/mol. The fourth-order valence-electron chi connectivity index (χ4n) is 2.75. The molecule has 2 rings (SSSR count). The highest BCUT2D eigenvalue weighted by atomic mass is 16.2. The lowest BCUT2D eigenvalue weighted by atomic mass is 9.93. The molecule has 0 atom stereocenters. The molecule has 4 heteroatoms. The van der Waals surface area contributed by atoms with Gasteiger partial charge in [0, 0.05) is 37.7 Å². The number of carbonyl (C=O) groups excluding carboxylic acids is 1. The highest BCUT2D eigenvalue weighted by molar-refractivity contribution is 5.73. The van der Waals surface area contributed by atoms with Crippen LogP contribution in [0.2, 0.25) is 0 Å². The Kier molecular flexibility index (Phi) is 6.24. The molecule has 1 fully saturated rings. The first-order valence-corrected chi connectivity index (χ1v) is 7.80. The Bertz CT molecular complexity index is 429. The van der Waals surface area contributed by atoms with Crippen molar-refractivity contribution in [3.8, 4) is 0 Å². The van der Waals surface area contributed by atoms with Crippen molar-refractivity contribution in [3.63, 3.8) is 0 Å². The Morgan fingerprint density at radius 2 is 1.85 bits per heavy atom. The van der Waals surface area contributed by atoms with Gasteiger partial charge in [-0.25, -0.2) is 0 Å². The Morgan fingerprint density at radius 1 is 1.30 bits per heavy atom. The molecule has 0 radical (unpaired) electrons. The molecule has 0 aromatic carbocycles. The molecule has 1 aromatic heterocycles. The van der Waals surface area contributed by atoms with Gasteiger partial charge in [0.2, 0.25) is 5.91 Å². The van der Waals surface area contributed by atoms with Crippen molar-refractivity contribution in [1.29, 1.82) is 0 Å². The minimum Gasteiger partial charge on any atom is -0.343 e. The number of aryl methyl sites for hydroxylation is 1. The van der Waals surface area contributed by atoms with Gasteiger partial charge in [0.15, 0.2) is 0 Å². The van der Waals surface area contributed by atoms with E-state index in [1.54, 1.807) is 6.92 Å². The normalized spacial score (nSPS) is 16.1. The Balaban J connectivity index is 0.000000956. The SMILES string of the molecule is CC.CC(=O)N1CCC(c2cc(C)nn2C(C)C)CC1. The number of piperidine rings is 1. The molecule has 4 nitrogen and oxygen atoms in total. The van der Waals surface area contributed by atoms with Gasteiger partial charge in [-0.2, -0.15) is 5.10 Å². The summed E-state index contributed by atoms with van der Waals surface area (Å²) in [6, 6.07) is 2.60. The summed E-state index contributed by atoms with van der Waals surface area (Å²) in [6.45, 7) is 13.8. The van der Waals surface area contributed by atoms with Gasteiger partial charge in [0.05, 0.1) is 5.69 Å². The maximum Gasteiger partial charge on any atom is 0.219 e. The van der Waals surface area contributed by atoms with Crippen molar-refractivity contribution in [2.75, 3.05) is 13.1 Å². The van der Waals surface area contributed by atoms with Crippen LogP contribution in [0.3, 0.4) is 0 Å². The predicted molar refractivity (Wildman–Crippen MR) is 82.9 cm³/mol. The van der Waals surface area contributed by atoms with Crippen LogP contribution < -0.4 is 0 Å². The number of likely N-dealkylation sites (tertiary alicyclic amines) is 1. The number of aromatic nitrogens is 2. The van der Waals surface area contributed by atoms with E-state index in [0.29, 0.717) is 12.0 Å². The van der Waals surface area contributed by atoms with Gasteiger partial charge < -0.3 is 4.90 Å². The lowest BCUT2D eigenvalue weighted by molar-refractivity contribution is -0.129. The van der Waals surface area contributed by atoms with E-state index in [4.69, 9.17) is 0 Å². The minimum absolute atomic E-state index is 0.196. The molecule has 0 N–H and O–H groups in total. The first-order valence-electron chi connectivity index (χ1n) is 7.80. The van der Waals surface area contributed by atoms with Gasteiger partial charge in [-0.3, -0.25) is 9.48 Å². The highest BCUT2D eigenvalue weighted by Gasteiger charge is 2.25. The number of rotatable bonds is 2. The number of nitrogens with zero attached hydrogens (tertiary/aromatic N) is 3. The van der Waals surface area contributed by atoms with Crippen molar-refractivity contribution in [2.24, 2.45) is 0 Å². The quantitative estimate of drug-likeness (QED) is 0.830. The molecule has 20 heavy (non-hydrogen) atoms. The largest absolute Gasteiger partial charge is 0.343 e. The van der Waals surface area contributed by atoms with Crippen LogP contribution in [0.5, 0.6) is 0 Å². The van der Waals surface area contributed by atoms with Crippen molar-refractivity contribution < 1.29 is 4.79 Å². The molecule has 1 aromatic rings. The first-order chi connectivity index (χ1) is 9.49. The van der Waals surface area contributed by atoms with Crippen LogP contribution >= 0.6 is 0 Å². The third kappa shape index (κ3) is 3.84. The van der Waals surface area contributed by atoms with E-state index in [1.165, 1.54) is 5.69 Å². The van der Waals surface area contributed by atoms with Crippen LogP contribution in [0, 0.1) is 6.92 Å². The molecule has 0 unspecified atom stereocenters. The van der Waals surface area contributed by atoms with Gasteiger partial charge in [-0.15, -0.1) is 0 Å². The summed E-state index contributed by atoms with van der Waals surface area (Å²) in [7, 11) is 0. The number of carbonyl (C=O) groups is 1. The molecule has 0 bridgehead atoms. The molecule has 1 amide bonds. The summed E-state index contributed by atoms with van der Waals surface area (Å²) in [4.78, 5) is 13.3. The molecule has 1 aliphatic heterocycles. The molecule has 0 aliphatic carbocycles. The highest BCUT2D eigenvalue weighted by Crippen LogP contribution is 2.30. The van der Waals surface area contributed by atoms with E-state index >= 15 is 0 Å².